The summed E-state index contributed by atoms with van der Waals surface area (Å²) in [6.45, 7) is 3.07. The fourth-order valence-electron chi connectivity index (χ4n) is 3.97. The lowest BCUT2D eigenvalue weighted by Gasteiger charge is -2.23. The Morgan fingerprint density at radius 1 is 1.08 bits per heavy atom. The number of fused-ring (bicyclic) bond motifs is 2. The van der Waals surface area contributed by atoms with Gasteiger partial charge in [0.15, 0.2) is 0 Å². The topological polar surface area (TPSA) is 40.6 Å². The van der Waals surface area contributed by atoms with E-state index in [2.05, 4.69) is 0 Å². The predicted molar refractivity (Wildman–Crippen MR) is 93.2 cm³/mol. The number of benzene rings is 2. The van der Waals surface area contributed by atoms with Gasteiger partial charge >= 0.3 is 0 Å². The van der Waals surface area contributed by atoms with Crippen LogP contribution < -0.4 is 4.90 Å². The van der Waals surface area contributed by atoms with Crippen molar-refractivity contribution in [2.75, 3.05) is 25.0 Å². The van der Waals surface area contributed by atoms with Crippen molar-refractivity contribution in [2.45, 2.75) is 18.8 Å². The SMILES string of the molecule is Cc1ccc(C(=O)N2CC[C@]3(C2)C(=O)N(C)c2ccccc23)cc1. The molecule has 2 aliphatic heterocycles. The van der Waals surface area contributed by atoms with E-state index in [1.807, 2.05) is 67.4 Å². The highest BCUT2D eigenvalue weighted by molar-refractivity contribution is 6.09. The molecule has 1 saturated heterocycles. The first kappa shape index (κ1) is 14.9. The fraction of sp³-hybridized carbons (Fsp3) is 0.300. The number of aryl methyl sites for hydroxylation is 1. The first-order chi connectivity index (χ1) is 11.5. The van der Waals surface area contributed by atoms with Gasteiger partial charge in [0.25, 0.3) is 5.91 Å². The molecule has 0 unspecified atom stereocenters. The number of para-hydroxylation sites is 1. The maximum Gasteiger partial charge on any atom is 0.253 e. The second-order valence-corrected chi connectivity index (χ2v) is 6.81. The van der Waals surface area contributed by atoms with E-state index in [-0.39, 0.29) is 11.8 Å². The van der Waals surface area contributed by atoms with Gasteiger partial charge in [-0.3, -0.25) is 9.59 Å². The van der Waals surface area contributed by atoms with E-state index in [1.54, 1.807) is 4.90 Å². The Labute approximate surface area is 141 Å². The highest BCUT2D eigenvalue weighted by Gasteiger charge is 2.54. The van der Waals surface area contributed by atoms with E-state index in [9.17, 15) is 9.59 Å². The Morgan fingerprint density at radius 2 is 1.79 bits per heavy atom. The first-order valence-corrected chi connectivity index (χ1v) is 8.26. The van der Waals surface area contributed by atoms with Crippen LogP contribution in [0.15, 0.2) is 48.5 Å². The maximum atomic E-state index is 12.9. The summed E-state index contributed by atoms with van der Waals surface area (Å²) in [6, 6.07) is 15.5. The number of likely N-dealkylation sites (N-methyl/N-ethyl adjacent to an activating group) is 1. The molecule has 24 heavy (non-hydrogen) atoms. The predicted octanol–water partition coefficient (Wildman–Crippen LogP) is 2.76. The van der Waals surface area contributed by atoms with Gasteiger partial charge in [0, 0.05) is 31.4 Å². The van der Waals surface area contributed by atoms with Crippen molar-refractivity contribution >= 4 is 17.5 Å². The van der Waals surface area contributed by atoms with Crippen LogP contribution in [0.5, 0.6) is 0 Å². The van der Waals surface area contributed by atoms with Crippen LogP contribution in [0, 0.1) is 6.92 Å². The number of carbonyl (C=O) groups excluding carboxylic acids is 2. The average Bonchev–Trinajstić information content (AvgIpc) is 3.14. The smallest absolute Gasteiger partial charge is 0.253 e. The van der Waals surface area contributed by atoms with Crippen molar-refractivity contribution in [3.05, 3.63) is 65.2 Å². The van der Waals surface area contributed by atoms with Crippen LogP contribution >= 0.6 is 0 Å². The highest BCUT2D eigenvalue weighted by atomic mass is 16.2. The molecule has 0 saturated carbocycles. The number of nitrogens with zero attached hydrogens (tertiary/aromatic N) is 2. The van der Waals surface area contributed by atoms with Crippen LogP contribution in [-0.2, 0) is 10.2 Å². The number of likely N-dealkylation sites (tertiary alicyclic amines) is 1. The fourth-order valence-corrected chi connectivity index (χ4v) is 3.97. The second-order valence-electron chi connectivity index (χ2n) is 6.81. The van der Waals surface area contributed by atoms with E-state index < -0.39 is 5.41 Å². The summed E-state index contributed by atoms with van der Waals surface area (Å²) in [4.78, 5) is 29.3. The van der Waals surface area contributed by atoms with Gasteiger partial charge in [0.05, 0.1) is 5.41 Å². The van der Waals surface area contributed by atoms with Crippen molar-refractivity contribution in [1.29, 1.82) is 0 Å². The number of hydrogen-bond donors (Lipinski definition) is 0. The Hall–Kier alpha value is -2.62. The van der Waals surface area contributed by atoms with E-state index in [0.29, 0.717) is 25.1 Å². The summed E-state index contributed by atoms with van der Waals surface area (Å²) in [5.41, 5.74) is 3.26. The number of anilines is 1. The molecule has 0 aromatic heterocycles. The summed E-state index contributed by atoms with van der Waals surface area (Å²) < 4.78 is 0. The van der Waals surface area contributed by atoms with Gasteiger partial charge in [-0.25, -0.2) is 0 Å². The average molecular weight is 320 g/mol. The maximum absolute atomic E-state index is 12.9. The molecule has 0 aliphatic carbocycles. The summed E-state index contributed by atoms with van der Waals surface area (Å²) in [6.07, 6.45) is 0.685. The molecule has 4 nitrogen and oxygen atoms in total. The van der Waals surface area contributed by atoms with Gasteiger partial charge in [-0.2, -0.15) is 0 Å². The summed E-state index contributed by atoms with van der Waals surface area (Å²) in [5, 5.41) is 0. The lowest BCUT2D eigenvalue weighted by atomic mass is 9.81. The number of amides is 2. The largest absolute Gasteiger partial charge is 0.337 e. The van der Waals surface area contributed by atoms with Gasteiger partial charge in [0.1, 0.15) is 0 Å². The van der Waals surface area contributed by atoms with E-state index in [1.165, 1.54) is 0 Å². The summed E-state index contributed by atoms with van der Waals surface area (Å²) >= 11 is 0. The van der Waals surface area contributed by atoms with E-state index in [0.717, 1.165) is 16.8 Å². The third-order valence-corrected chi connectivity index (χ3v) is 5.35. The Morgan fingerprint density at radius 3 is 2.54 bits per heavy atom. The third kappa shape index (κ3) is 1.99. The lowest BCUT2D eigenvalue weighted by molar-refractivity contribution is -0.122. The first-order valence-electron chi connectivity index (χ1n) is 8.26. The van der Waals surface area contributed by atoms with Crippen molar-refractivity contribution in [1.82, 2.24) is 4.90 Å². The molecule has 2 aliphatic rings. The minimum absolute atomic E-state index is 0.00621. The molecular weight excluding hydrogens is 300 g/mol. The van der Waals surface area contributed by atoms with Crippen molar-refractivity contribution in [3.8, 4) is 0 Å². The molecule has 2 heterocycles. The van der Waals surface area contributed by atoms with Crippen molar-refractivity contribution in [3.63, 3.8) is 0 Å². The number of carbonyl (C=O) groups is 2. The van der Waals surface area contributed by atoms with Gasteiger partial charge in [0.2, 0.25) is 5.91 Å². The molecule has 0 radical (unpaired) electrons. The molecule has 122 valence electrons. The monoisotopic (exact) mass is 320 g/mol. The van der Waals surface area contributed by atoms with Crippen molar-refractivity contribution in [2.24, 2.45) is 0 Å². The van der Waals surface area contributed by atoms with Crippen LogP contribution in [0.2, 0.25) is 0 Å². The lowest BCUT2D eigenvalue weighted by Crippen LogP contribution is -2.42. The molecule has 2 aromatic rings. The van der Waals surface area contributed by atoms with Gasteiger partial charge < -0.3 is 9.80 Å². The van der Waals surface area contributed by atoms with E-state index >= 15 is 0 Å². The molecule has 4 rings (SSSR count). The molecule has 0 bridgehead atoms. The quantitative estimate of drug-likeness (QED) is 0.811. The normalized spacial score (nSPS) is 22.3. The van der Waals surface area contributed by atoms with Crippen LogP contribution in [-0.4, -0.2) is 36.9 Å². The second kappa shape index (κ2) is 5.20. The summed E-state index contributed by atoms with van der Waals surface area (Å²) in [7, 11) is 1.82. The van der Waals surface area contributed by atoms with Gasteiger partial charge in [-0.15, -0.1) is 0 Å². The molecule has 1 atom stereocenters. The number of rotatable bonds is 1. The van der Waals surface area contributed by atoms with E-state index in [4.69, 9.17) is 0 Å². The van der Waals surface area contributed by atoms with Crippen molar-refractivity contribution < 1.29 is 9.59 Å². The molecule has 2 amide bonds. The molecule has 0 N–H and O–H groups in total. The molecule has 2 aromatic carbocycles. The zero-order valence-electron chi connectivity index (χ0n) is 14.0. The standard InChI is InChI=1S/C20H20N2O2/c1-14-7-9-15(10-8-14)18(23)22-12-11-20(13-22)16-5-3-4-6-17(16)21(2)19(20)24/h3-10H,11-13H2,1-2H3/t20-/m1/s1. The van der Waals surface area contributed by atoms with Crippen LogP contribution in [0.4, 0.5) is 5.69 Å². The van der Waals surface area contributed by atoms with Gasteiger partial charge in [-0.05, 0) is 37.1 Å². The van der Waals surface area contributed by atoms with Crippen LogP contribution in [0.25, 0.3) is 0 Å². The molecular formula is C20H20N2O2. The molecule has 1 fully saturated rings. The minimum atomic E-state index is -0.578. The Kier molecular flexibility index (Phi) is 3.23. The van der Waals surface area contributed by atoms with Crippen LogP contribution in [0.1, 0.15) is 27.9 Å². The molecule has 4 heteroatoms. The van der Waals surface area contributed by atoms with Gasteiger partial charge in [-0.1, -0.05) is 35.9 Å². The Balaban J connectivity index is 1.66. The zero-order valence-corrected chi connectivity index (χ0v) is 14.0. The molecule has 1 spiro atoms. The Bertz CT molecular complexity index is 828. The third-order valence-electron chi connectivity index (χ3n) is 5.35. The highest BCUT2D eigenvalue weighted by Crippen LogP contribution is 2.46. The number of hydrogen-bond acceptors (Lipinski definition) is 2. The summed E-state index contributed by atoms with van der Waals surface area (Å²) in [5.74, 6) is 0.106. The minimum Gasteiger partial charge on any atom is -0.337 e. The zero-order chi connectivity index (χ0) is 16.9. The van der Waals surface area contributed by atoms with Crippen LogP contribution in [0.3, 0.4) is 0 Å².